The molecule has 1 aliphatic carbocycles. The Kier molecular flexibility index (Phi) is 3.29. The number of methoxy groups -OCH3 is 1. The summed E-state index contributed by atoms with van der Waals surface area (Å²) in [5, 5.41) is 0. The predicted molar refractivity (Wildman–Crippen MR) is 51.0 cm³/mol. The first kappa shape index (κ1) is 9.75. The van der Waals surface area contributed by atoms with Crippen LogP contribution >= 0.6 is 0 Å². The molecule has 0 aromatic rings. The number of nitrogens with two attached hydrogens (primary N) is 1. The monoisotopic (exact) mass is 169 g/mol. The summed E-state index contributed by atoms with van der Waals surface area (Å²) in [4.78, 5) is 0. The van der Waals surface area contributed by atoms with Gasteiger partial charge in [-0.15, -0.1) is 6.58 Å². The van der Waals surface area contributed by atoms with Gasteiger partial charge < -0.3 is 10.5 Å². The van der Waals surface area contributed by atoms with Gasteiger partial charge in [-0.2, -0.15) is 0 Å². The van der Waals surface area contributed by atoms with Crippen molar-refractivity contribution < 1.29 is 4.74 Å². The van der Waals surface area contributed by atoms with Crippen molar-refractivity contribution in [2.24, 2.45) is 5.73 Å². The van der Waals surface area contributed by atoms with E-state index in [2.05, 4.69) is 6.58 Å². The average molecular weight is 169 g/mol. The molecule has 0 bridgehead atoms. The molecule has 0 heterocycles. The summed E-state index contributed by atoms with van der Waals surface area (Å²) in [7, 11) is 1.77. The zero-order chi connectivity index (χ0) is 9.03. The lowest BCUT2D eigenvalue weighted by molar-refractivity contribution is -0.0911. The van der Waals surface area contributed by atoms with Crippen LogP contribution in [0.25, 0.3) is 0 Å². The minimum atomic E-state index is 0.00299. The van der Waals surface area contributed by atoms with Crippen LogP contribution in [0.15, 0.2) is 12.7 Å². The Hall–Kier alpha value is -0.340. The third-order valence-electron chi connectivity index (χ3n) is 2.96. The molecule has 12 heavy (non-hydrogen) atoms. The Balaban J connectivity index is 2.37. The van der Waals surface area contributed by atoms with E-state index in [1.165, 1.54) is 6.42 Å². The Bertz CT molecular complexity index is 146. The molecule has 0 saturated heterocycles. The lowest BCUT2D eigenvalue weighted by atomic mass is 9.73. The fraction of sp³-hybridized carbons (Fsp3) is 0.800. The topological polar surface area (TPSA) is 35.2 Å². The first-order valence-corrected chi connectivity index (χ1v) is 4.67. The molecule has 0 radical (unpaired) electrons. The molecule has 1 atom stereocenters. The van der Waals surface area contributed by atoms with E-state index in [1.807, 2.05) is 6.08 Å². The second-order valence-electron chi connectivity index (χ2n) is 3.59. The van der Waals surface area contributed by atoms with Crippen molar-refractivity contribution in [3.63, 3.8) is 0 Å². The molecule has 1 fully saturated rings. The van der Waals surface area contributed by atoms with Gasteiger partial charge in [0, 0.05) is 13.2 Å². The molecule has 70 valence electrons. The van der Waals surface area contributed by atoms with Gasteiger partial charge in [-0.1, -0.05) is 6.08 Å². The molecule has 0 aromatic carbocycles. The zero-order valence-corrected chi connectivity index (χ0v) is 7.88. The Morgan fingerprint density at radius 3 is 2.67 bits per heavy atom. The third-order valence-corrected chi connectivity index (χ3v) is 2.96. The maximum atomic E-state index is 6.04. The van der Waals surface area contributed by atoms with Gasteiger partial charge >= 0.3 is 0 Å². The second-order valence-corrected chi connectivity index (χ2v) is 3.59. The molecule has 0 spiro atoms. The summed E-state index contributed by atoms with van der Waals surface area (Å²) in [5.41, 5.74) is 6.04. The number of ether oxygens (including phenoxy) is 1. The van der Waals surface area contributed by atoms with Gasteiger partial charge in [0.25, 0.3) is 0 Å². The number of rotatable bonds is 5. The average Bonchev–Trinajstić information content (AvgIpc) is 2.00. The van der Waals surface area contributed by atoms with Gasteiger partial charge in [0.05, 0.1) is 5.60 Å². The van der Waals surface area contributed by atoms with E-state index in [9.17, 15) is 0 Å². The quantitative estimate of drug-likeness (QED) is 0.637. The first-order valence-electron chi connectivity index (χ1n) is 4.67. The first-order chi connectivity index (χ1) is 5.75. The van der Waals surface area contributed by atoms with Crippen molar-refractivity contribution >= 4 is 0 Å². The molecular weight excluding hydrogens is 150 g/mol. The Morgan fingerprint density at radius 2 is 2.33 bits per heavy atom. The molecule has 1 unspecified atom stereocenters. The SMILES string of the molecule is C=CCCC(N)C1(OC)CCC1. The van der Waals surface area contributed by atoms with Crippen LogP contribution in [0.2, 0.25) is 0 Å². The van der Waals surface area contributed by atoms with E-state index in [1.54, 1.807) is 7.11 Å². The molecule has 1 aliphatic rings. The summed E-state index contributed by atoms with van der Waals surface area (Å²) in [5.74, 6) is 0. The molecule has 1 rings (SSSR count). The largest absolute Gasteiger partial charge is 0.377 e. The number of hydrogen-bond donors (Lipinski definition) is 1. The lowest BCUT2D eigenvalue weighted by Gasteiger charge is -2.45. The van der Waals surface area contributed by atoms with Crippen LogP contribution in [0.5, 0.6) is 0 Å². The standard InChI is InChI=1S/C10H19NO/c1-3-4-6-9(11)10(12-2)7-5-8-10/h3,9H,1,4-8,11H2,2H3. The van der Waals surface area contributed by atoms with Crippen LogP contribution in [-0.2, 0) is 4.74 Å². The fourth-order valence-corrected chi connectivity index (χ4v) is 1.81. The van der Waals surface area contributed by atoms with Crippen LogP contribution in [0.3, 0.4) is 0 Å². The molecule has 1 saturated carbocycles. The highest BCUT2D eigenvalue weighted by Crippen LogP contribution is 2.38. The second kappa shape index (κ2) is 4.06. The van der Waals surface area contributed by atoms with E-state index >= 15 is 0 Å². The predicted octanol–water partition coefficient (Wildman–Crippen LogP) is 1.85. The van der Waals surface area contributed by atoms with Gasteiger partial charge in [0.15, 0.2) is 0 Å². The van der Waals surface area contributed by atoms with Crippen molar-refractivity contribution in [3.8, 4) is 0 Å². The molecule has 0 aliphatic heterocycles. The molecule has 0 aromatic heterocycles. The summed E-state index contributed by atoms with van der Waals surface area (Å²) < 4.78 is 5.47. The van der Waals surface area contributed by atoms with Crippen LogP contribution in [0.4, 0.5) is 0 Å². The zero-order valence-electron chi connectivity index (χ0n) is 7.88. The highest BCUT2D eigenvalue weighted by Gasteiger charge is 2.41. The molecule has 2 N–H and O–H groups in total. The van der Waals surface area contributed by atoms with E-state index in [0.29, 0.717) is 0 Å². The van der Waals surface area contributed by atoms with Crippen molar-refractivity contribution in [1.29, 1.82) is 0 Å². The van der Waals surface area contributed by atoms with E-state index in [4.69, 9.17) is 10.5 Å². The van der Waals surface area contributed by atoms with Crippen LogP contribution in [0, 0.1) is 0 Å². The van der Waals surface area contributed by atoms with Gasteiger partial charge in [-0.25, -0.2) is 0 Å². The van der Waals surface area contributed by atoms with Crippen LogP contribution in [0.1, 0.15) is 32.1 Å². The minimum Gasteiger partial charge on any atom is -0.377 e. The van der Waals surface area contributed by atoms with Crippen LogP contribution in [-0.4, -0.2) is 18.8 Å². The van der Waals surface area contributed by atoms with E-state index < -0.39 is 0 Å². The molecule has 0 amide bonds. The Labute approximate surface area is 74.8 Å². The van der Waals surface area contributed by atoms with Crippen molar-refractivity contribution in [2.45, 2.75) is 43.7 Å². The summed E-state index contributed by atoms with van der Waals surface area (Å²) in [6.07, 6.45) is 7.42. The van der Waals surface area contributed by atoms with E-state index in [0.717, 1.165) is 25.7 Å². The van der Waals surface area contributed by atoms with Gasteiger partial charge in [0.2, 0.25) is 0 Å². The van der Waals surface area contributed by atoms with Gasteiger partial charge in [-0.05, 0) is 32.1 Å². The van der Waals surface area contributed by atoms with E-state index in [-0.39, 0.29) is 11.6 Å². The number of hydrogen-bond acceptors (Lipinski definition) is 2. The van der Waals surface area contributed by atoms with Crippen molar-refractivity contribution in [2.75, 3.05) is 7.11 Å². The highest BCUT2D eigenvalue weighted by molar-refractivity contribution is 4.98. The maximum absolute atomic E-state index is 6.04. The normalized spacial score (nSPS) is 22.8. The summed E-state index contributed by atoms with van der Waals surface area (Å²) >= 11 is 0. The highest BCUT2D eigenvalue weighted by atomic mass is 16.5. The lowest BCUT2D eigenvalue weighted by Crippen LogP contribution is -2.54. The van der Waals surface area contributed by atoms with Gasteiger partial charge in [-0.3, -0.25) is 0 Å². The fourth-order valence-electron chi connectivity index (χ4n) is 1.81. The van der Waals surface area contributed by atoms with Crippen molar-refractivity contribution in [3.05, 3.63) is 12.7 Å². The summed E-state index contributed by atoms with van der Waals surface area (Å²) in [6, 6.07) is 0.189. The molecule has 2 nitrogen and oxygen atoms in total. The van der Waals surface area contributed by atoms with Crippen LogP contribution < -0.4 is 5.73 Å². The number of allylic oxidation sites excluding steroid dienone is 1. The minimum absolute atomic E-state index is 0.00299. The van der Waals surface area contributed by atoms with Crippen molar-refractivity contribution in [1.82, 2.24) is 0 Å². The third kappa shape index (κ3) is 1.70. The Morgan fingerprint density at radius 1 is 1.67 bits per heavy atom. The molecular formula is C10H19NO. The smallest absolute Gasteiger partial charge is 0.0829 e. The maximum Gasteiger partial charge on any atom is 0.0829 e. The van der Waals surface area contributed by atoms with Gasteiger partial charge in [0.1, 0.15) is 0 Å². The molecule has 2 heteroatoms. The summed E-state index contributed by atoms with van der Waals surface area (Å²) in [6.45, 7) is 3.69.